The van der Waals surface area contributed by atoms with E-state index >= 15 is 0 Å². The third-order valence-corrected chi connectivity index (χ3v) is 3.28. The maximum atomic E-state index is 12.4. The zero-order valence-electron chi connectivity index (χ0n) is 13.0. The Bertz CT molecular complexity index is 787. The first-order valence-electron chi connectivity index (χ1n) is 6.92. The molecule has 8 nitrogen and oxygen atoms in total. The zero-order valence-corrected chi connectivity index (χ0v) is 13.0. The molecule has 0 saturated carbocycles. The summed E-state index contributed by atoms with van der Waals surface area (Å²) in [5, 5.41) is 16.1. The maximum absolute atomic E-state index is 12.4. The van der Waals surface area contributed by atoms with Crippen molar-refractivity contribution in [2.24, 2.45) is 0 Å². The highest BCUT2D eigenvalue weighted by Gasteiger charge is 2.22. The quantitative estimate of drug-likeness (QED) is 0.645. The Hall–Kier alpha value is -3.42. The molecule has 0 aliphatic rings. The average Bonchev–Trinajstić information content (AvgIpc) is 2.61. The van der Waals surface area contributed by atoms with Crippen molar-refractivity contribution in [1.82, 2.24) is 5.32 Å². The van der Waals surface area contributed by atoms with E-state index in [0.29, 0.717) is 11.4 Å². The highest BCUT2D eigenvalue weighted by Crippen LogP contribution is 2.22. The summed E-state index contributed by atoms with van der Waals surface area (Å²) in [5.74, 6) is -0.512. The average molecular weight is 329 g/mol. The molecule has 0 aliphatic heterocycles. The summed E-state index contributed by atoms with van der Waals surface area (Å²) in [6.45, 7) is 0. The highest BCUT2D eigenvalue weighted by molar-refractivity contribution is 6.08. The number of rotatable bonds is 5. The van der Waals surface area contributed by atoms with Gasteiger partial charge in [0.15, 0.2) is 0 Å². The molecule has 0 spiro atoms. The molecule has 0 bridgehead atoms. The van der Waals surface area contributed by atoms with E-state index in [1.165, 1.54) is 26.3 Å². The monoisotopic (exact) mass is 329 g/mol. The van der Waals surface area contributed by atoms with Crippen LogP contribution in [0.3, 0.4) is 0 Å². The van der Waals surface area contributed by atoms with Crippen LogP contribution in [0.2, 0.25) is 0 Å². The van der Waals surface area contributed by atoms with Gasteiger partial charge < -0.3 is 15.4 Å². The topological polar surface area (TPSA) is 111 Å². The molecule has 0 saturated heterocycles. The second-order valence-electron chi connectivity index (χ2n) is 4.75. The summed E-state index contributed by atoms with van der Waals surface area (Å²) in [4.78, 5) is 34.5. The van der Waals surface area contributed by atoms with Crippen LogP contribution < -0.4 is 15.4 Å². The van der Waals surface area contributed by atoms with Crippen LogP contribution in [0.4, 0.5) is 11.4 Å². The number of nitrogens with one attached hydrogen (secondary N) is 2. The van der Waals surface area contributed by atoms with Gasteiger partial charge in [0.1, 0.15) is 11.3 Å². The van der Waals surface area contributed by atoms with E-state index in [1.807, 2.05) is 0 Å². The van der Waals surface area contributed by atoms with E-state index in [9.17, 15) is 19.7 Å². The number of nitro benzene ring substituents is 1. The van der Waals surface area contributed by atoms with Crippen molar-refractivity contribution in [1.29, 1.82) is 0 Å². The lowest BCUT2D eigenvalue weighted by Gasteiger charge is -2.08. The first-order chi connectivity index (χ1) is 11.5. The Labute approximate surface area is 137 Å². The molecule has 0 atom stereocenters. The third-order valence-electron chi connectivity index (χ3n) is 3.28. The molecule has 0 aromatic heterocycles. The number of hydrogen-bond acceptors (Lipinski definition) is 5. The Kier molecular flexibility index (Phi) is 5.10. The van der Waals surface area contributed by atoms with Gasteiger partial charge in [-0.3, -0.25) is 19.7 Å². The molecule has 2 amide bonds. The van der Waals surface area contributed by atoms with Gasteiger partial charge in [-0.2, -0.15) is 0 Å². The van der Waals surface area contributed by atoms with Crippen LogP contribution in [0.5, 0.6) is 5.75 Å². The van der Waals surface area contributed by atoms with Gasteiger partial charge in [0.2, 0.25) is 0 Å². The van der Waals surface area contributed by atoms with Crippen LogP contribution >= 0.6 is 0 Å². The molecule has 0 fully saturated rings. The number of hydrogen-bond donors (Lipinski definition) is 2. The number of ether oxygens (including phenoxy) is 1. The fourth-order valence-corrected chi connectivity index (χ4v) is 2.04. The summed E-state index contributed by atoms with van der Waals surface area (Å²) in [5.41, 5.74) is 0.0222. The molecule has 2 aromatic carbocycles. The Morgan fingerprint density at radius 1 is 1.08 bits per heavy atom. The molecular weight excluding hydrogens is 314 g/mol. The SMILES string of the molecule is CNC(=O)c1ccc([N+](=O)[O-])c(C(=O)Nc2ccc(OC)cc2)c1. The lowest BCUT2D eigenvalue weighted by atomic mass is 10.1. The lowest BCUT2D eigenvalue weighted by Crippen LogP contribution is -2.20. The standard InChI is InChI=1S/C16H15N3O5/c1-17-15(20)10-3-8-14(19(22)23)13(9-10)16(21)18-11-4-6-12(24-2)7-5-11/h3-9H,1-2H3,(H,17,20)(H,18,21). The smallest absolute Gasteiger partial charge is 0.282 e. The number of benzene rings is 2. The van der Waals surface area contributed by atoms with Crippen molar-refractivity contribution in [3.8, 4) is 5.75 Å². The minimum absolute atomic E-state index is 0.156. The summed E-state index contributed by atoms with van der Waals surface area (Å²) >= 11 is 0. The Morgan fingerprint density at radius 3 is 2.29 bits per heavy atom. The largest absolute Gasteiger partial charge is 0.497 e. The van der Waals surface area contributed by atoms with Crippen LogP contribution in [-0.2, 0) is 0 Å². The zero-order chi connectivity index (χ0) is 17.7. The molecule has 8 heteroatoms. The van der Waals surface area contributed by atoms with Crippen molar-refractivity contribution in [3.05, 3.63) is 63.7 Å². The van der Waals surface area contributed by atoms with Crippen LogP contribution in [-0.4, -0.2) is 30.9 Å². The minimum Gasteiger partial charge on any atom is -0.497 e. The van der Waals surface area contributed by atoms with Gasteiger partial charge in [0, 0.05) is 24.4 Å². The van der Waals surface area contributed by atoms with Gasteiger partial charge in [-0.1, -0.05) is 0 Å². The summed E-state index contributed by atoms with van der Waals surface area (Å²) < 4.78 is 5.02. The van der Waals surface area contributed by atoms with Crippen molar-refractivity contribution < 1.29 is 19.2 Å². The van der Waals surface area contributed by atoms with Crippen LogP contribution in [0, 0.1) is 10.1 Å². The second kappa shape index (κ2) is 7.23. The molecule has 24 heavy (non-hydrogen) atoms. The van der Waals surface area contributed by atoms with Gasteiger partial charge >= 0.3 is 0 Å². The number of nitrogens with zero attached hydrogens (tertiary/aromatic N) is 1. The van der Waals surface area contributed by atoms with Crippen LogP contribution in [0.1, 0.15) is 20.7 Å². The number of nitro groups is 1. The fourth-order valence-electron chi connectivity index (χ4n) is 2.04. The van der Waals surface area contributed by atoms with Gasteiger partial charge in [0.25, 0.3) is 17.5 Å². The Balaban J connectivity index is 2.34. The van der Waals surface area contributed by atoms with Gasteiger partial charge in [0.05, 0.1) is 12.0 Å². The fraction of sp³-hybridized carbons (Fsp3) is 0.125. The van der Waals surface area contributed by atoms with E-state index in [2.05, 4.69) is 10.6 Å². The third kappa shape index (κ3) is 3.67. The molecule has 124 valence electrons. The molecule has 0 unspecified atom stereocenters. The number of methoxy groups -OCH3 is 1. The summed E-state index contributed by atoms with van der Waals surface area (Å²) in [6, 6.07) is 10.1. The van der Waals surface area contributed by atoms with Gasteiger partial charge in [-0.25, -0.2) is 0 Å². The predicted octanol–water partition coefficient (Wildman–Crippen LogP) is 2.22. The van der Waals surface area contributed by atoms with E-state index in [0.717, 1.165) is 6.07 Å². The first-order valence-corrected chi connectivity index (χ1v) is 6.92. The van der Waals surface area contributed by atoms with E-state index in [1.54, 1.807) is 24.3 Å². The maximum Gasteiger partial charge on any atom is 0.282 e. The predicted molar refractivity (Wildman–Crippen MR) is 87.4 cm³/mol. The number of carbonyl (C=O) groups is 2. The molecule has 0 radical (unpaired) electrons. The number of amides is 2. The molecular formula is C16H15N3O5. The highest BCUT2D eigenvalue weighted by atomic mass is 16.6. The van der Waals surface area contributed by atoms with E-state index < -0.39 is 16.7 Å². The van der Waals surface area contributed by atoms with Crippen LogP contribution in [0.15, 0.2) is 42.5 Å². The van der Waals surface area contributed by atoms with Gasteiger partial charge in [-0.05, 0) is 36.4 Å². The molecule has 2 rings (SSSR count). The normalized spacial score (nSPS) is 9.92. The van der Waals surface area contributed by atoms with Crippen molar-refractivity contribution >= 4 is 23.2 Å². The van der Waals surface area contributed by atoms with E-state index in [4.69, 9.17) is 4.74 Å². The molecule has 0 aliphatic carbocycles. The number of carbonyl (C=O) groups excluding carboxylic acids is 2. The van der Waals surface area contributed by atoms with Crippen molar-refractivity contribution in [2.75, 3.05) is 19.5 Å². The van der Waals surface area contributed by atoms with Crippen molar-refractivity contribution in [2.45, 2.75) is 0 Å². The first kappa shape index (κ1) is 16.9. The number of anilines is 1. The molecule has 2 aromatic rings. The molecule has 2 N–H and O–H groups in total. The molecule has 0 heterocycles. The lowest BCUT2D eigenvalue weighted by molar-refractivity contribution is -0.385. The van der Waals surface area contributed by atoms with Crippen molar-refractivity contribution in [3.63, 3.8) is 0 Å². The minimum atomic E-state index is -0.683. The van der Waals surface area contributed by atoms with Gasteiger partial charge in [-0.15, -0.1) is 0 Å². The van der Waals surface area contributed by atoms with Crippen LogP contribution in [0.25, 0.3) is 0 Å². The Morgan fingerprint density at radius 2 is 1.75 bits per heavy atom. The second-order valence-corrected chi connectivity index (χ2v) is 4.75. The summed E-state index contributed by atoms with van der Waals surface area (Å²) in [6.07, 6.45) is 0. The van der Waals surface area contributed by atoms with E-state index in [-0.39, 0.29) is 16.8 Å². The summed E-state index contributed by atoms with van der Waals surface area (Å²) in [7, 11) is 2.95.